The third-order valence-electron chi connectivity index (χ3n) is 2.68. The van der Waals surface area contributed by atoms with E-state index in [4.69, 9.17) is 10.8 Å². The number of carboxylic acids is 1. The third-order valence-corrected chi connectivity index (χ3v) is 2.68. The first-order valence-corrected chi connectivity index (χ1v) is 5.73. The summed E-state index contributed by atoms with van der Waals surface area (Å²) in [5, 5.41) is 11.0. The first-order chi connectivity index (χ1) is 7.51. The molecule has 5 heteroatoms. The van der Waals surface area contributed by atoms with Crippen molar-refractivity contribution in [1.29, 1.82) is 0 Å². The molecule has 16 heavy (non-hydrogen) atoms. The van der Waals surface area contributed by atoms with Gasteiger partial charge in [0, 0.05) is 6.42 Å². The van der Waals surface area contributed by atoms with Crippen molar-refractivity contribution in [1.82, 2.24) is 5.32 Å². The van der Waals surface area contributed by atoms with E-state index in [9.17, 15) is 9.59 Å². The average molecular weight is 230 g/mol. The van der Waals surface area contributed by atoms with Crippen molar-refractivity contribution in [2.24, 2.45) is 11.7 Å². The molecule has 4 N–H and O–H groups in total. The van der Waals surface area contributed by atoms with Gasteiger partial charge in [0.2, 0.25) is 5.91 Å². The molecule has 5 nitrogen and oxygen atoms in total. The van der Waals surface area contributed by atoms with Gasteiger partial charge in [0.15, 0.2) is 0 Å². The number of carbonyl (C=O) groups excluding carboxylic acids is 1. The summed E-state index contributed by atoms with van der Waals surface area (Å²) in [5.74, 6) is -0.761. The number of aliphatic carboxylic acids is 1. The summed E-state index contributed by atoms with van der Waals surface area (Å²) in [6.07, 6.45) is 3.05. The molecule has 0 bridgehead atoms. The number of hydrogen-bond acceptors (Lipinski definition) is 3. The Labute approximate surface area is 96.4 Å². The molecule has 0 fully saturated rings. The molecule has 0 aromatic rings. The topological polar surface area (TPSA) is 92.4 Å². The van der Waals surface area contributed by atoms with Crippen LogP contribution in [-0.2, 0) is 9.59 Å². The second kappa shape index (κ2) is 8.10. The van der Waals surface area contributed by atoms with Crippen LogP contribution in [-0.4, -0.2) is 29.6 Å². The number of hydrogen-bond donors (Lipinski definition) is 3. The van der Waals surface area contributed by atoms with Crippen LogP contribution in [0.1, 0.15) is 39.5 Å². The first-order valence-electron chi connectivity index (χ1n) is 5.73. The van der Waals surface area contributed by atoms with E-state index in [0.717, 1.165) is 19.3 Å². The molecular weight excluding hydrogens is 208 g/mol. The molecule has 0 aliphatic heterocycles. The molecule has 1 amide bonds. The fraction of sp³-hybridized carbons (Fsp3) is 0.818. The van der Waals surface area contributed by atoms with Crippen molar-refractivity contribution >= 4 is 11.9 Å². The number of amides is 1. The number of carbonyl (C=O) groups is 2. The zero-order valence-corrected chi connectivity index (χ0v) is 10.0. The maximum Gasteiger partial charge on any atom is 0.325 e. The normalized spacial score (nSPS) is 14.2. The van der Waals surface area contributed by atoms with E-state index >= 15 is 0 Å². The molecule has 0 rings (SSSR count). The van der Waals surface area contributed by atoms with Gasteiger partial charge in [-0.2, -0.15) is 0 Å². The fourth-order valence-corrected chi connectivity index (χ4v) is 1.50. The quantitative estimate of drug-likeness (QED) is 0.573. The van der Waals surface area contributed by atoms with Crippen molar-refractivity contribution in [3.05, 3.63) is 0 Å². The van der Waals surface area contributed by atoms with Crippen molar-refractivity contribution in [3.63, 3.8) is 0 Å². The zero-order valence-electron chi connectivity index (χ0n) is 10.0. The minimum atomic E-state index is -1.01. The maximum atomic E-state index is 11.4. The van der Waals surface area contributed by atoms with Crippen LogP contribution in [0, 0.1) is 5.92 Å². The van der Waals surface area contributed by atoms with Crippen LogP contribution in [0.15, 0.2) is 0 Å². The van der Waals surface area contributed by atoms with Gasteiger partial charge in [0.1, 0.15) is 6.04 Å². The molecule has 0 heterocycles. The maximum absolute atomic E-state index is 11.4. The van der Waals surface area contributed by atoms with E-state index < -0.39 is 12.0 Å². The predicted octanol–water partition coefficient (Wildman–Crippen LogP) is 0.731. The van der Waals surface area contributed by atoms with Crippen LogP contribution in [0.4, 0.5) is 0 Å². The number of nitrogens with two attached hydrogens (primary N) is 1. The van der Waals surface area contributed by atoms with E-state index in [-0.39, 0.29) is 5.91 Å². The minimum absolute atomic E-state index is 0.203. The average Bonchev–Trinajstić information content (AvgIpc) is 2.23. The van der Waals surface area contributed by atoms with Gasteiger partial charge in [-0.25, -0.2) is 0 Å². The minimum Gasteiger partial charge on any atom is -0.480 e. The molecule has 0 aromatic carbocycles. The summed E-state index contributed by atoms with van der Waals surface area (Å²) in [7, 11) is 0. The number of carboxylic acid groups (broad SMARTS) is 1. The molecule has 0 spiro atoms. The summed E-state index contributed by atoms with van der Waals surface area (Å²) >= 11 is 0. The van der Waals surface area contributed by atoms with E-state index in [1.807, 2.05) is 0 Å². The van der Waals surface area contributed by atoms with E-state index in [1.165, 1.54) is 6.92 Å². The lowest BCUT2D eigenvalue weighted by Gasteiger charge is -2.14. The Morgan fingerprint density at radius 3 is 2.44 bits per heavy atom. The van der Waals surface area contributed by atoms with Gasteiger partial charge < -0.3 is 16.2 Å². The van der Waals surface area contributed by atoms with Gasteiger partial charge >= 0.3 is 5.97 Å². The van der Waals surface area contributed by atoms with Crippen molar-refractivity contribution in [2.75, 3.05) is 6.54 Å². The molecular formula is C11H22N2O3. The highest BCUT2D eigenvalue weighted by molar-refractivity contribution is 5.83. The highest BCUT2D eigenvalue weighted by Gasteiger charge is 2.14. The van der Waals surface area contributed by atoms with Crippen LogP contribution < -0.4 is 11.1 Å². The lowest BCUT2D eigenvalue weighted by molar-refractivity contribution is -0.141. The zero-order chi connectivity index (χ0) is 12.6. The van der Waals surface area contributed by atoms with Gasteiger partial charge in [-0.3, -0.25) is 9.59 Å². The van der Waals surface area contributed by atoms with Crippen molar-refractivity contribution < 1.29 is 14.7 Å². The SMILES string of the molecule is CCC(CCN)CCC(=O)NC(C)C(=O)O. The van der Waals surface area contributed by atoms with Gasteiger partial charge in [0.25, 0.3) is 0 Å². The standard InChI is InChI=1S/C11H22N2O3/c1-3-9(6-7-12)4-5-10(14)13-8(2)11(15)16/h8-9H,3-7,12H2,1-2H3,(H,13,14)(H,15,16). The highest BCUT2D eigenvalue weighted by Crippen LogP contribution is 2.14. The van der Waals surface area contributed by atoms with E-state index in [1.54, 1.807) is 0 Å². The monoisotopic (exact) mass is 230 g/mol. The molecule has 0 saturated carbocycles. The van der Waals surface area contributed by atoms with Crippen molar-refractivity contribution in [3.8, 4) is 0 Å². The Balaban J connectivity index is 3.83. The number of rotatable bonds is 8. The largest absolute Gasteiger partial charge is 0.480 e. The Bertz CT molecular complexity index is 231. The summed E-state index contributed by atoms with van der Waals surface area (Å²) in [4.78, 5) is 21.9. The summed E-state index contributed by atoms with van der Waals surface area (Å²) in [5.41, 5.74) is 5.45. The van der Waals surface area contributed by atoms with Gasteiger partial charge in [-0.05, 0) is 32.2 Å². The highest BCUT2D eigenvalue weighted by atomic mass is 16.4. The van der Waals surface area contributed by atoms with Crippen LogP contribution in [0.2, 0.25) is 0 Å². The first kappa shape index (κ1) is 14.9. The molecule has 0 aromatic heterocycles. The molecule has 94 valence electrons. The fourth-order valence-electron chi connectivity index (χ4n) is 1.50. The Morgan fingerprint density at radius 2 is 2.00 bits per heavy atom. The van der Waals surface area contributed by atoms with Gasteiger partial charge in [-0.1, -0.05) is 13.3 Å². The van der Waals surface area contributed by atoms with E-state index in [2.05, 4.69) is 12.2 Å². The third kappa shape index (κ3) is 6.40. The molecule has 2 atom stereocenters. The lowest BCUT2D eigenvalue weighted by atomic mass is 9.96. The van der Waals surface area contributed by atoms with Crippen LogP contribution >= 0.6 is 0 Å². The Hall–Kier alpha value is -1.10. The Morgan fingerprint density at radius 1 is 1.38 bits per heavy atom. The van der Waals surface area contributed by atoms with Gasteiger partial charge in [-0.15, -0.1) is 0 Å². The molecule has 0 saturated heterocycles. The second-order valence-electron chi connectivity index (χ2n) is 4.02. The van der Waals surface area contributed by atoms with E-state index in [0.29, 0.717) is 18.9 Å². The molecule has 0 radical (unpaired) electrons. The van der Waals surface area contributed by atoms with Crippen LogP contribution in [0.3, 0.4) is 0 Å². The smallest absolute Gasteiger partial charge is 0.325 e. The summed E-state index contributed by atoms with van der Waals surface area (Å²) in [6, 6.07) is -0.818. The Kier molecular flexibility index (Phi) is 7.54. The second-order valence-corrected chi connectivity index (χ2v) is 4.02. The summed E-state index contributed by atoms with van der Waals surface area (Å²) < 4.78 is 0. The van der Waals surface area contributed by atoms with Gasteiger partial charge in [0.05, 0.1) is 0 Å². The lowest BCUT2D eigenvalue weighted by Crippen LogP contribution is -2.38. The number of nitrogens with one attached hydrogen (secondary N) is 1. The summed E-state index contributed by atoms with van der Waals surface area (Å²) in [6.45, 7) is 4.15. The predicted molar refractivity (Wildman–Crippen MR) is 61.9 cm³/mol. The van der Waals surface area contributed by atoms with Crippen LogP contribution in [0.5, 0.6) is 0 Å². The van der Waals surface area contributed by atoms with Crippen molar-refractivity contribution in [2.45, 2.75) is 45.6 Å². The molecule has 0 aliphatic carbocycles. The molecule has 0 aliphatic rings. The molecule has 2 unspecified atom stereocenters. The van der Waals surface area contributed by atoms with Crippen LogP contribution in [0.25, 0.3) is 0 Å².